The lowest BCUT2D eigenvalue weighted by Gasteiger charge is -2.15. The lowest BCUT2D eigenvalue weighted by Crippen LogP contribution is -2.34. The van der Waals surface area contributed by atoms with Crippen molar-refractivity contribution < 1.29 is 19.1 Å². The van der Waals surface area contributed by atoms with E-state index < -0.39 is 32.5 Å². The van der Waals surface area contributed by atoms with Crippen molar-refractivity contribution in [3.05, 3.63) is 0 Å². The number of alkyl halides is 3. The fraction of sp³-hybridized carbons (Fsp3) is 0.818. The molecule has 0 aromatic rings. The van der Waals surface area contributed by atoms with Crippen molar-refractivity contribution in [2.24, 2.45) is 16.7 Å². The molecule has 0 amide bonds. The summed E-state index contributed by atoms with van der Waals surface area (Å²) in [4.78, 5) is 23.9. The largest absolute Gasteiger partial charge is 0.468 e. The monoisotopic (exact) mass is 316 g/mol. The summed E-state index contributed by atoms with van der Waals surface area (Å²) in [6, 6.07) is 0. The van der Waals surface area contributed by atoms with Gasteiger partial charge in [-0.25, -0.2) is 0 Å². The SMILES string of the molecule is COC(=O)C1(C(=O)OC)C(CC(Cl)(Cl)Cl)C1(C)C. The van der Waals surface area contributed by atoms with Crippen LogP contribution in [0.4, 0.5) is 0 Å². The van der Waals surface area contributed by atoms with E-state index in [1.807, 2.05) is 0 Å². The quantitative estimate of drug-likeness (QED) is 0.456. The summed E-state index contributed by atoms with van der Waals surface area (Å²) in [6.07, 6.45) is 0.0782. The van der Waals surface area contributed by atoms with Gasteiger partial charge in [0.25, 0.3) is 0 Å². The molecule has 1 saturated carbocycles. The number of carbonyl (C=O) groups is 2. The van der Waals surface area contributed by atoms with Crippen LogP contribution < -0.4 is 0 Å². The van der Waals surface area contributed by atoms with Gasteiger partial charge in [0.1, 0.15) is 0 Å². The topological polar surface area (TPSA) is 52.6 Å². The Hall–Kier alpha value is -0.190. The molecule has 18 heavy (non-hydrogen) atoms. The van der Waals surface area contributed by atoms with Crippen LogP contribution in [0, 0.1) is 16.7 Å². The Morgan fingerprint density at radius 3 is 1.78 bits per heavy atom. The first-order valence-electron chi connectivity index (χ1n) is 5.29. The molecule has 104 valence electrons. The van der Waals surface area contributed by atoms with Gasteiger partial charge < -0.3 is 9.47 Å². The fourth-order valence-electron chi connectivity index (χ4n) is 2.73. The second-order valence-electron chi connectivity index (χ2n) is 4.88. The molecule has 0 bridgehead atoms. The van der Waals surface area contributed by atoms with Crippen LogP contribution in [0.2, 0.25) is 0 Å². The third-order valence-electron chi connectivity index (χ3n) is 3.78. The summed E-state index contributed by atoms with van der Waals surface area (Å²) in [6.45, 7) is 3.50. The van der Waals surface area contributed by atoms with Crippen LogP contribution in [0.15, 0.2) is 0 Å². The third-order valence-corrected chi connectivity index (χ3v) is 4.24. The smallest absolute Gasteiger partial charge is 0.324 e. The average Bonchev–Trinajstić information content (AvgIpc) is 2.71. The van der Waals surface area contributed by atoms with E-state index in [1.165, 1.54) is 14.2 Å². The zero-order valence-corrected chi connectivity index (χ0v) is 12.8. The van der Waals surface area contributed by atoms with Gasteiger partial charge in [-0.3, -0.25) is 9.59 Å². The Labute approximate surface area is 121 Å². The second kappa shape index (κ2) is 4.73. The van der Waals surface area contributed by atoms with Gasteiger partial charge in [0.15, 0.2) is 9.21 Å². The van der Waals surface area contributed by atoms with E-state index in [4.69, 9.17) is 44.3 Å². The zero-order chi connectivity index (χ0) is 14.4. The highest BCUT2D eigenvalue weighted by Crippen LogP contribution is 2.72. The maximum Gasteiger partial charge on any atom is 0.324 e. The van der Waals surface area contributed by atoms with Gasteiger partial charge in [0.05, 0.1) is 14.2 Å². The predicted octanol–water partition coefficient (Wildman–Crippen LogP) is 2.74. The van der Waals surface area contributed by atoms with E-state index in [9.17, 15) is 9.59 Å². The summed E-state index contributed by atoms with van der Waals surface area (Å²) < 4.78 is 7.89. The number of hydrogen-bond acceptors (Lipinski definition) is 4. The Morgan fingerprint density at radius 2 is 1.50 bits per heavy atom. The van der Waals surface area contributed by atoms with E-state index in [1.54, 1.807) is 13.8 Å². The highest BCUT2D eigenvalue weighted by molar-refractivity contribution is 6.67. The minimum Gasteiger partial charge on any atom is -0.468 e. The molecule has 1 aliphatic rings. The summed E-state index contributed by atoms with van der Waals surface area (Å²) in [5.74, 6) is -1.74. The first-order chi connectivity index (χ1) is 8.05. The highest BCUT2D eigenvalue weighted by Gasteiger charge is 2.82. The van der Waals surface area contributed by atoms with Crippen molar-refractivity contribution in [1.82, 2.24) is 0 Å². The van der Waals surface area contributed by atoms with E-state index in [-0.39, 0.29) is 6.42 Å². The number of ether oxygens (including phenoxy) is 2. The molecule has 0 saturated heterocycles. The van der Waals surface area contributed by atoms with Crippen molar-refractivity contribution in [2.75, 3.05) is 14.2 Å². The summed E-state index contributed by atoms with van der Waals surface area (Å²) in [5.41, 5.74) is -2.06. The van der Waals surface area contributed by atoms with Crippen LogP contribution >= 0.6 is 34.8 Å². The van der Waals surface area contributed by atoms with Crippen LogP contribution in [0.25, 0.3) is 0 Å². The Balaban J connectivity index is 3.14. The predicted molar refractivity (Wildman–Crippen MR) is 68.6 cm³/mol. The molecule has 7 heteroatoms. The van der Waals surface area contributed by atoms with Crippen molar-refractivity contribution in [3.63, 3.8) is 0 Å². The minimum absolute atomic E-state index is 0.0782. The van der Waals surface area contributed by atoms with Crippen LogP contribution in [0.5, 0.6) is 0 Å². The van der Waals surface area contributed by atoms with Gasteiger partial charge in [-0.05, 0) is 17.8 Å². The molecule has 1 atom stereocenters. The molecule has 0 heterocycles. The molecule has 1 rings (SSSR count). The van der Waals surface area contributed by atoms with Crippen molar-refractivity contribution in [2.45, 2.75) is 24.1 Å². The van der Waals surface area contributed by atoms with E-state index in [2.05, 4.69) is 0 Å². The first-order valence-corrected chi connectivity index (χ1v) is 6.42. The van der Waals surface area contributed by atoms with Crippen molar-refractivity contribution in [1.29, 1.82) is 0 Å². The molecular formula is C11H15Cl3O4. The lowest BCUT2D eigenvalue weighted by molar-refractivity contribution is -0.163. The molecule has 0 aromatic carbocycles. The van der Waals surface area contributed by atoms with Crippen molar-refractivity contribution >= 4 is 46.7 Å². The normalized spacial score (nSPS) is 24.3. The van der Waals surface area contributed by atoms with E-state index >= 15 is 0 Å². The van der Waals surface area contributed by atoms with Crippen LogP contribution in [0.1, 0.15) is 20.3 Å². The number of halogens is 3. The average molecular weight is 318 g/mol. The summed E-state index contributed by atoms with van der Waals surface area (Å²) in [5, 5.41) is 0. The minimum atomic E-state index is -1.54. The highest BCUT2D eigenvalue weighted by atomic mass is 35.6. The molecule has 1 aliphatic carbocycles. The summed E-state index contributed by atoms with van der Waals surface area (Å²) >= 11 is 17.2. The number of rotatable bonds is 3. The molecule has 0 radical (unpaired) electrons. The molecule has 1 unspecified atom stereocenters. The molecule has 1 fully saturated rings. The Morgan fingerprint density at radius 1 is 1.11 bits per heavy atom. The van der Waals surface area contributed by atoms with Gasteiger partial charge in [0, 0.05) is 0 Å². The maximum atomic E-state index is 12.0. The molecule has 0 spiro atoms. The third kappa shape index (κ3) is 2.19. The number of methoxy groups -OCH3 is 2. The van der Waals surface area contributed by atoms with Crippen LogP contribution in [0.3, 0.4) is 0 Å². The molecule has 4 nitrogen and oxygen atoms in total. The zero-order valence-electron chi connectivity index (χ0n) is 10.6. The standard InChI is InChI=1S/C11H15Cl3O4/c1-9(2)6(5-10(12,13)14)11(9,7(15)17-3)8(16)18-4/h6H,5H2,1-4H3. The molecule has 0 aliphatic heterocycles. The first kappa shape index (κ1) is 15.9. The number of esters is 2. The van der Waals surface area contributed by atoms with Crippen LogP contribution in [-0.2, 0) is 19.1 Å². The van der Waals surface area contributed by atoms with Crippen LogP contribution in [-0.4, -0.2) is 30.0 Å². The van der Waals surface area contributed by atoms with E-state index in [0.29, 0.717) is 0 Å². The maximum absolute atomic E-state index is 12.0. The summed E-state index contributed by atoms with van der Waals surface area (Å²) in [7, 11) is 2.43. The Kier molecular flexibility index (Phi) is 4.17. The second-order valence-corrected chi connectivity index (χ2v) is 7.40. The Bertz CT molecular complexity index is 357. The lowest BCUT2D eigenvalue weighted by atomic mass is 9.96. The number of carbonyl (C=O) groups excluding carboxylic acids is 2. The van der Waals surface area contributed by atoms with Gasteiger partial charge in [-0.2, -0.15) is 0 Å². The van der Waals surface area contributed by atoms with Crippen molar-refractivity contribution in [3.8, 4) is 0 Å². The fourth-order valence-corrected chi connectivity index (χ4v) is 3.19. The molecular weight excluding hydrogens is 302 g/mol. The molecule has 0 aromatic heterocycles. The number of hydrogen-bond donors (Lipinski definition) is 0. The van der Waals surface area contributed by atoms with E-state index in [0.717, 1.165) is 0 Å². The van der Waals surface area contributed by atoms with Gasteiger partial charge in [0.2, 0.25) is 0 Å². The molecule has 0 N–H and O–H groups in total. The van der Waals surface area contributed by atoms with Gasteiger partial charge >= 0.3 is 11.9 Å². The van der Waals surface area contributed by atoms with Gasteiger partial charge in [-0.1, -0.05) is 48.7 Å². The van der Waals surface area contributed by atoms with Gasteiger partial charge in [-0.15, -0.1) is 0 Å².